The maximum absolute atomic E-state index is 12.7. The summed E-state index contributed by atoms with van der Waals surface area (Å²) in [7, 11) is 0. The molecule has 6 heteroatoms. The minimum atomic E-state index is -0.758. The first kappa shape index (κ1) is 50.4. The van der Waals surface area contributed by atoms with Gasteiger partial charge in [-0.2, -0.15) is 0 Å². The molecular formula is C46H88O6. The Hall–Kier alpha value is -1.59. The van der Waals surface area contributed by atoms with Crippen molar-refractivity contribution < 1.29 is 28.6 Å². The minimum Gasteiger partial charge on any atom is -0.462 e. The van der Waals surface area contributed by atoms with Crippen LogP contribution in [0.5, 0.6) is 0 Å². The van der Waals surface area contributed by atoms with Crippen LogP contribution < -0.4 is 0 Å². The number of esters is 3. The van der Waals surface area contributed by atoms with Crippen LogP contribution in [-0.2, 0) is 28.6 Å². The van der Waals surface area contributed by atoms with E-state index in [1.807, 2.05) is 0 Å². The third-order valence-electron chi connectivity index (χ3n) is 10.3. The smallest absolute Gasteiger partial charge is 0.306 e. The van der Waals surface area contributed by atoms with Gasteiger partial charge in [0.25, 0.3) is 0 Å². The third-order valence-corrected chi connectivity index (χ3v) is 10.3. The predicted octanol–water partition coefficient (Wildman–Crippen LogP) is 14.3. The quantitative estimate of drug-likeness (QED) is 0.0353. The second kappa shape index (κ2) is 40.6. The summed E-state index contributed by atoms with van der Waals surface area (Å²) in [6, 6.07) is 0. The highest BCUT2D eigenvalue weighted by Crippen LogP contribution is 2.16. The van der Waals surface area contributed by atoms with Gasteiger partial charge < -0.3 is 14.2 Å². The van der Waals surface area contributed by atoms with Gasteiger partial charge in [-0.1, -0.05) is 214 Å². The predicted molar refractivity (Wildman–Crippen MR) is 220 cm³/mol. The van der Waals surface area contributed by atoms with Crippen LogP contribution in [0, 0.1) is 5.92 Å². The zero-order valence-electron chi connectivity index (χ0n) is 35.3. The lowest BCUT2D eigenvalue weighted by Gasteiger charge is -2.18. The van der Waals surface area contributed by atoms with Gasteiger partial charge in [0, 0.05) is 19.3 Å². The van der Waals surface area contributed by atoms with Crippen LogP contribution in [0.3, 0.4) is 0 Å². The number of carbonyl (C=O) groups excluding carboxylic acids is 3. The highest BCUT2D eigenvalue weighted by Gasteiger charge is 2.19. The molecular weight excluding hydrogens is 648 g/mol. The first-order chi connectivity index (χ1) is 25.4. The van der Waals surface area contributed by atoms with Gasteiger partial charge in [0.15, 0.2) is 6.10 Å². The molecule has 0 fully saturated rings. The lowest BCUT2D eigenvalue weighted by atomic mass is 10.0. The van der Waals surface area contributed by atoms with Crippen LogP contribution in [-0.4, -0.2) is 37.2 Å². The minimum absolute atomic E-state index is 0.0640. The summed E-state index contributed by atoms with van der Waals surface area (Å²) >= 11 is 0. The molecule has 0 unspecified atom stereocenters. The summed E-state index contributed by atoms with van der Waals surface area (Å²) in [5.74, 6) is -0.0470. The van der Waals surface area contributed by atoms with E-state index in [1.165, 1.54) is 148 Å². The molecule has 0 N–H and O–H groups in total. The molecule has 0 saturated heterocycles. The molecule has 0 aromatic carbocycles. The lowest BCUT2D eigenvalue weighted by molar-refractivity contribution is -0.167. The Labute approximate surface area is 323 Å². The molecule has 0 heterocycles. The molecule has 52 heavy (non-hydrogen) atoms. The van der Waals surface area contributed by atoms with E-state index < -0.39 is 6.10 Å². The zero-order valence-corrected chi connectivity index (χ0v) is 35.3. The average molecular weight is 737 g/mol. The Morgan fingerprint density at radius 2 is 0.635 bits per heavy atom. The molecule has 0 amide bonds. The van der Waals surface area contributed by atoms with Crippen molar-refractivity contribution in [3.8, 4) is 0 Å². The Bertz CT molecular complexity index is 781. The molecule has 0 spiro atoms. The summed E-state index contributed by atoms with van der Waals surface area (Å²) in [6.45, 7) is 8.96. The van der Waals surface area contributed by atoms with Gasteiger partial charge in [-0.3, -0.25) is 14.4 Å². The Kier molecular flexibility index (Phi) is 39.4. The fourth-order valence-electron chi connectivity index (χ4n) is 6.80. The molecule has 0 rings (SSSR count). The third kappa shape index (κ3) is 39.6. The second-order valence-corrected chi connectivity index (χ2v) is 16.2. The molecule has 308 valence electrons. The van der Waals surface area contributed by atoms with Crippen molar-refractivity contribution >= 4 is 17.9 Å². The first-order valence-corrected chi connectivity index (χ1v) is 22.9. The van der Waals surface area contributed by atoms with Gasteiger partial charge in [0.05, 0.1) is 0 Å². The summed E-state index contributed by atoms with van der Waals surface area (Å²) < 4.78 is 16.7. The van der Waals surface area contributed by atoms with Gasteiger partial charge in [-0.05, 0) is 25.2 Å². The zero-order chi connectivity index (χ0) is 38.2. The summed E-state index contributed by atoms with van der Waals surface area (Å²) in [5, 5.41) is 0. The van der Waals surface area contributed by atoms with E-state index in [4.69, 9.17) is 14.2 Å². The van der Waals surface area contributed by atoms with Gasteiger partial charge >= 0.3 is 17.9 Å². The highest BCUT2D eigenvalue weighted by atomic mass is 16.6. The Morgan fingerprint density at radius 3 is 0.942 bits per heavy atom. The maximum Gasteiger partial charge on any atom is 0.306 e. The van der Waals surface area contributed by atoms with Crippen molar-refractivity contribution in [2.45, 2.75) is 259 Å². The van der Waals surface area contributed by atoms with E-state index in [0.717, 1.165) is 63.7 Å². The van der Waals surface area contributed by atoms with Crippen LogP contribution in [0.15, 0.2) is 0 Å². The largest absolute Gasteiger partial charge is 0.462 e. The van der Waals surface area contributed by atoms with E-state index in [0.29, 0.717) is 19.3 Å². The molecule has 0 aromatic heterocycles. The van der Waals surface area contributed by atoms with Crippen molar-refractivity contribution in [1.29, 1.82) is 0 Å². The summed E-state index contributed by atoms with van der Waals surface area (Å²) in [6.07, 6.45) is 39.4. The van der Waals surface area contributed by atoms with Crippen LogP contribution in [0.1, 0.15) is 252 Å². The summed E-state index contributed by atoms with van der Waals surface area (Å²) in [4.78, 5) is 37.7. The number of rotatable bonds is 41. The fourth-order valence-corrected chi connectivity index (χ4v) is 6.80. The molecule has 0 radical (unpaired) electrons. The van der Waals surface area contributed by atoms with E-state index in [9.17, 15) is 14.4 Å². The number of hydrogen-bond donors (Lipinski definition) is 0. The van der Waals surface area contributed by atoms with Gasteiger partial charge in [0.2, 0.25) is 0 Å². The van der Waals surface area contributed by atoms with Crippen molar-refractivity contribution in [2.24, 2.45) is 5.92 Å². The molecule has 0 aliphatic rings. The fraction of sp³-hybridized carbons (Fsp3) is 0.935. The molecule has 0 aliphatic heterocycles. The van der Waals surface area contributed by atoms with E-state index in [1.54, 1.807) is 0 Å². The van der Waals surface area contributed by atoms with E-state index >= 15 is 0 Å². The number of ether oxygens (including phenoxy) is 3. The monoisotopic (exact) mass is 737 g/mol. The van der Waals surface area contributed by atoms with Crippen molar-refractivity contribution in [3.05, 3.63) is 0 Å². The normalized spacial score (nSPS) is 11.9. The van der Waals surface area contributed by atoms with Crippen molar-refractivity contribution in [1.82, 2.24) is 0 Å². The van der Waals surface area contributed by atoms with Crippen LogP contribution in [0.2, 0.25) is 0 Å². The Morgan fingerprint density at radius 1 is 0.365 bits per heavy atom. The Balaban J connectivity index is 4.33. The molecule has 0 aromatic rings. The molecule has 0 aliphatic carbocycles. The van der Waals surface area contributed by atoms with Gasteiger partial charge in [0.1, 0.15) is 13.2 Å². The second-order valence-electron chi connectivity index (χ2n) is 16.2. The van der Waals surface area contributed by atoms with Gasteiger partial charge in [-0.25, -0.2) is 0 Å². The number of unbranched alkanes of at least 4 members (excludes halogenated alkanes) is 28. The maximum atomic E-state index is 12.7. The average Bonchev–Trinajstić information content (AvgIpc) is 3.12. The van der Waals surface area contributed by atoms with Crippen LogP contribution >= 0.6 is 0 Å². The molecule has 6 nitrogen and oxygen atoms in total. The van der Waals surface area contributed by atoms with Gasteiger partial charge in [-0.15, -0.1) is 0 Å². The van der Waals surface area contributed by atoms with Crippen molar-refractivity contribution in [2.75, 3.05) is 13.2 Å². The summed E-state index contributed by atoms with van der Waals surface area (Å²) in [5.41, 5.74) is 0. The van der Waals surface area contributed by atoms with Crippen LogP contribution in [0.25, 0.3) is 0 Å². The molecule has 1 atom stereocenters. The number of hydrogen-bond acceptors (Lipinski definition) is 6. The molecule has 0 bridgehead atoms. The topological polar surface area (TPSA) is 78.9 Å². The lowest BCUT2D eigenvalue weighted by Crippen LogP contribution is -2.30. The first-order valence-electron chi connectivity index (χ1n) is 22.9. The standard InChI is InChI=1S/C46H88O6/c1-5-7-9-11-13-15-17-18-22-27-31-35-39-46(49)52-43(40-50-44(47)37-33-29-25-21-16-14-12-10-8-6-2)41-51-45(48)38-34-30-26-23-19-20-24-28-32-36-42(3)4/h42-43H,5-41H2,1-4H3/t43-/m0/s1. The van der Waals surface area contributed by atoms with E-state index in [2.05, 4.69) is 27.7 Å². The highest BCUT2D eigenvalue weighted by molar-refractivity contribution is 5.71. The van der Waals surface area contributed by atoms with Crippen LogP contribution in [0.4, 0.5) is 0 Å². The van der Waals surface area contributed by atoms with E-state index in [-0.39, 0.29) is 31.1 Å². The SMILES string of the molecule is CCCCCCCCCCCCCCC(=O)O[C@@H](COC(=O)CCCCCCCCCCCC)COC(=O)CCCCCCCCCCCC(C)C. The number of carbonyl (C=O) groups is 3. The molecule has 0 saturated carbocycles. The van der Waals surface area contributed by atoms with Crippen molar-refractivity contribution in [3.63, 3.8) is 0 Å².